The van der Waals surface area contributed by atoms with Crippen molar-refractivity contribution in [2.75, 3.05) is 12.0 Å². The van der Waals surface area contributed by atoms with E-state index in [4.69, 9.17) is 33.7 Å². The number of aromatic nitrogens is 2. The van der Waals surface area contributed by atoms with Crippen molar-refractivity contribution in [1.82, 2.24) is 9.97 Å². The molecule has 1 aliphatic carbocycles. The Labute approximate surface area is 206 Å². The molecule has 9 heteroatoms. The van der Waals surface area contributed by atoms with Gasteiger partial charge in [0, 0.05) is 40.2 Å². The number of carbonyl (C=O) groups excluding carboxylic acids is 2. The van der Waals surface area contributed by atoms with Gasteiger partial charge in [0.15, 0.2) is 5.78 Å². The molecule has 174 valence electrons. The molecule has 1 aromatic carbocycles. The van der Waals surface area contributed by atoms with Gasteiger partial charge in [0.2, 0.25) is 0 Å². The molecule has 2 aliphatic rings. The number of ether oxygens (including phenoxy) is 1. The van der Waals surface area contributed by atoms with Crippen LogP contribution in [0.5, 0.6) is 0 Å². The number of hydrogen-bond acceptors (Lipinski definition) is 7. The molecule has 1 aliphatic heterocycles. The summed E-state index contributed by atoms with van der Waals surface area (Å²) in [5.74, 6) is -2.18. The Morgan fingerprint density at radius 1 is 1.21 bits per heavy atom. The number of benzene rings is 1. The van der Waals surface area contributed by atoms with Crippen LogP contribution in [0.25, 0.3) is 10.9 Å². The number of nitrogens with two attached hydrogens (primary N) is 1. The summed E-state index contributed by atoms with van der Waals surface area (Å²) >= 11 is 12.9. The van der Waals surface area contributed by atoms with Gasteiger partial charge in [0.1, 0.15) is 11.1 Å². The molecule has 2 aromatic heterocycles. The summed E-state index contributed by atoms with van der Waals surface area (Å²) in [5, 5.41) is 1.51. The summed E-state index contributed by atoms with van der Waals surface area (Å²) in [7, 11) is 1.31. The topological polar surface area (TPSA) is 98.4 Å². The van der Waals surface area contributed by atoms with Gasteiger partial charge in [-0.15, -0.1) is 0 Å². The van der Waals surface area contributed by atoms with Crippen LogP contribution in [-0.2, 0) is 14.3 Å². The number of esters is 1. The largest absolute Gasteiger partial charge is 0.469 e. The molecule has 0 amide bonds. The molecule has 0 bridgehead atoms. The van der Waals surface area contributed by atoms with Crippen LogP contribution in [0, 0.1) is 5.92 Å². The number of allylic oxidation sites excluding steroid dienone is 2. The van der Waals surface area contributed by atoms with Crippen LogP contribution in [0.15, 0.2) is 60.1 Å². The van der Waals surface area contributed by atoms with Crippen LogP contribution in [0.4, 0.5) is 5.69 Å². The fourth-order valence-corrected chi connectivity index (χ4v) is 5.55. The van der Waals surface area contributed by atoms with Crippen molar-refractivity contribution in [3.8, 4) is 0 Å². The first kappa shape index (κ1) is 22.8. The van der Waals surface area contributed by atoms with Crippen molar-refractivity contribution in [2.45, 2.75) is 31.3 Å². The van der Waals surface area contributed by atoms with Gasteiger partial charge >= 0.3 is 5.97 Å². The van der Waals surface area contributed by atoms with Crippen LogP contribution < -0.4 is 10.6 Å². The highest BCUT2D eigenvalue weighted by Crippen LogP contribution is 2.49. The average Bonchev–Trinajstić information content (AvgIpc) is 2.83. The van der Waals surface area contributed by atoms with E-state index >= 15 is 0 Å². The van der Waals surface area contributed by atoms with Crippen molar-refractivity contribution in [3.63, 3.8) is 0 Å². The molecule has 0 fully saturated rings. The van der Waals surface area contributed by atoms with Gasteiger partial charge in [-0.25, -0.2) is 4.98 Å². The number of ketones is 1. The first-order valence-electron chi connectivity index (χ1n) is 11.0. The summed E-state index contributed by atoms with van der Waals surface area (Å²) in [6.07, 6.45) is 4.23. The van der Waals surface area contributed by atoms with Gasteiger partial charge in [-0.2, -0.15) is 0 Å². The highest BCUT2D eigenvalue weighted by Gasteiger charge is 2.50. The molecule has 0 radical (unpaired) electrons. The number of anilines is 1. The van der Waals surface area contributed by atoms with E-state index in [1.54, 1.807) is 36.7 Å². The zero-order chi connectivity index (χ0) is 24.0. The SMILES string of the molecule is COC(=O)C1C(c2cc3cc(Cl)ccc3nc2Cl)C2=C(CCCC2=O)N(c2cccnc2)C1N. The fraction of sp³-hybridized carbons (Fsp3) is 0.280. The number of halogens is 2. The lowest BCUT2D eigenvalue weighted by molar-refractivity contribution is -0.147. The maximum absolute atomic E-state index is 13.4. The molecule has 3 atom stereocenters. The quantitative estimate of drug-likeness (QED) is 0.417. The standard InChI is InChI=1S/C25H22Cl2N4O3/c1-34-25(33)22-20(16-11-13-10-14(26)7-8-17(13)30-23(16)27)21-18(5-2-6-19(21)32)31(24(22)28)15-4-3-9-29-12-15/h3-4,7-12,20,22,24H,2,5-6,28H2,1H3. The third kappa shape index (κ3) is 3.74. The van der Waals surface area contributed by atoms with Crippen molar-refractivity contribution in [2.24, 2.45) is 11.7 Å². The van der Waals surface area contributed by atoms with Gasteiger partial charge in [-0.1, -0.05) is 23.2 Å². The van der Waals surface area contributed by atoms with E-state index in [0.29, 0.717) is 46.6 Å². The lowest BCUT2D eigenvalue weighted by Gasteiger charge is -2.47. The zero-order valence-corrected chi connectivity index (χ0v) is 19.9. The highest BCUT2D eigenvalue weighted by atomic mass is 35.5. The van der Waals surface area contributed by atoms with E-state index in [1.165, 1.54) is 7.11 Å². The van der Waals surface area contributed by atoms with Crippen molar-refractivity contribution in [3.05, 3.63) is 75.8 Å². The monoisotopic (exact) mass is 496 g/mol. The van der Waals surface area contributed by atoms with Gasteiger partial charge < -0.3 is 15.4 Å². The number of carbonyl (C=O) groups is 2. The normalized spacial score (nSPS) is 22.6. The summed E-state index contributed by atoms with van der Waals surface area (Å²) < 4.78 is 5.18. The van der Waals surface area contributed by atoms with Crippen LogP contribution in [0.2, 0.25) is 10.2 Å². The lowest BCUT2D eigenvalue weighted by Crippen LogP contribution is -2.57. The fourth-order valence-electron chi connectivity index (χ4n) is 5.11. The second-order valence-electron chi connectivity index (χ2n) is 8.44. The maximum atomic E-state index is 13.4. The Bertz CT molecular complexity index is 1330. The molecule has 3 aromatic rings. The second-order valence-corrected chi connectivity index (χ2v) is 9.24. The number of fused-ring (bicyclic) bond motifs is 1. The van der Waals surface area contributed by atoms with E-state index in [0.717, 1.165) is 11.1 Å². The van der Waals surface area contributed by atoms with E-state index in [9.17, 15) is 9.59 Å². The minimum atomic E-state index is -0.901. The first-order valence-corrected chi connectivity index (χ1v) is 11.7. The molecule has 7 nitrogen and oxygen atoms in total. The molecule has 2 N–H and O–H groups in total. The highest BCUT2D eigenvalue weighted by molar-refractivity contribution is 6.32. The number of Topliss-reactive ketones (excluding diaryl/α,β-unsaturated/α-hetero) is 1. The lowest BCUT2D eigenvalue weighted by atomic mass is 9.70. The minimum Gasteiger partial charge on any atom is -0.469 e. The first-order chi connectivity index (χ1) is 16.4. The van der Waals surface area contributed by atoms with Crippen molar-refractivity contribution < 1.29 is 14.3 Å². The number of pyridine rings is 2. The Hall–Kier alpha value is -3.00. The minimum absolute atomic E-state index is 0.0387. The molecule has 3 heterocycles. The van der Waals surface area contributed by atoms with Gasteiger partial charge in [0.25, 0.3) is 0 Å². The van der Waals surface area contributed by atoms with Gasteiger partial charge in [-0.3, -0.25) is 14.6 Å². The van der Waals surface area contributed by atoms with Crippen LogP contribution in [-0.4, -0.2) is 35.0 Å². The second kappa shape index (κ2) is 8.98. The third-order valence-corrected chi connectivity index (χ3v) is 7.08. The summed E-state index contributed by atoms with van der Waals surface area (Å²) in [4.78, 5) is 37.2. The predicted molar refractivity (Wildman–Crippen MR) is 131 cm³/mol. The Morgan fingerprint density at radius 3 is 2.76 bits per heavy atom. The van der Waals surface area contributed by atoms with Crippen LogP contribution >= 0.6 is 23.2 Å². The molecule has 0 saturated heterocycles. The molecule has 0 saturated carbocycles. The van der Waals surface area contributed by atoms with Crippen molar-refractivity contribution >= 4 is 51.5 Å². The number of methoxy groups -OCH3 is 1. The van der Waals surface area contributed by atoms with E-state index < -0.39 is 24.0 Å². The predicted octanol–water partition coefficient (Wildman–Crippen LogP) is 4.62. The molecule has 34 heavy (non-hydrogen) atoms. The summed E-state index contributed by atoms with van der Waals surface area (Å²) in [5.41, 5.74) is 9.99. The number of rotatable bonds is 3. The van der Waals surface area contributed by atoms with Crippen LogP contribution in [0.1, 0.15) is 30.7 Å². The Morgan fingerprint density at radius 2 is 2.03 bits per heavy atom. The maximum Gasteiger partial charge on any atom is 0.313 e. The molecule has 0 spiro atoms. The summed E-state index contributed by atoms with van der Waals surface area (Å²) in [6, 6.07) is 10.8. The molecule has 3 unspecified atom stereocenters. The number of nitrogens with zero attached hydrogens (tertiary/aromatic N) is 3. The molecular formula is C25H22Cl2N4O3. The van der Waals surface area contributed by atoms with E-state index in [-0.39, 0.29) is 10.9 Å². The van der Waals surface area contributed by atoms with Gasteiger partial charge in [-0.05, 0) is 54.8 Å². The Kier molecular flexibility index (Phi) is 6.02. The summed E-state index contributed by atoms with van der Waals surface area (Å²) in [6.45, 7) is 0. The average molecular weight is 497 g/mol. The number of hydrogen-bond donors (Lipinski definition) is 1. The van der Waals surface area contributed by atoms with E-state index in [2.05, 4.69) is 9.97 Å². The zero-order valence-electron chi connectivity index (χ0n) is 18.4. The smallest absolute Gasteiger partial charge is 0.313 e. The third-order valence-electron chi connectivity index (χ3n) is 6.55. The van der Waals surface area contributed by atoms with Crippen LogP contribution in [0.3, 0.4) is 0 Å². The van der Waals surface area contributed by atoms with E-state index in [1.807, 2.05) is 17.0 Å². The molecule has 5 rings (SSSR count). The van der Waals surface area contributed by atoms with Crippen molar-refractivity contribution in [1.29, 1.82) is 0 Å². The molecular weight excluding hydrogens is 475 g/mol. The Balaban J connectivity index is 1.79. The van der Waals surface area contributed by atoms with Gasteiger partial charge in [0.05, 0.1) is 30.7 Å².